The number of fused-ring (bicyclic) bond motifs is 12. The minimum absolute atomic E-state index is 0.698. The van der Waals surface area contributed by atoms with E-state index in [1.165, 1.54) is 43.3 Å². The van der Waals surface area contributed by atoms with Crippen molar-refractivity contribution in [2.45, 2.75) is 0 Å². The minimum atomic E-state index is 0.698. The summed E-state index contributed by atoms with van der Waals surface area (Å²) in [5.74, 6) is 0.698. The summed E-state index contributed by atoms with van der Waals surface area (Å²) < 4.78 is 0. The Bertz CT molecular complexity index is 2290. The zero-order valence-corrected chi connectivity index (χ0v) is 22.6. The molecule has 0 spiro atoms. The van der Waals surface area contributed by atoms with Crippen LogP contribution >= 0.6 is 0 Å². The van der Waals surface area contributed by atoms with Gasteiger partial charge in [0.15, 0.2) is 5.82 Å². The molecule has 194 valence electrons. The van der Waals surface area contributed by atoms with E-state index in [0.29, 0.717) is 5.82 Å². The third-order valence-corrected chi connectivity index (χ3v) is 8.53. The van der Waals surface area contributed by atoms with Crippen molar-refractivity contribution in [2.75, 3.05) is 0 Å². The molecule has 0 aliphatic carbocycles. The highest BCUT2D eigenvalue weighted by molar-refractivity contribution is 6.26. The van der Waals surface area contributed by atoms with E-state index in [4.69, 9.17) is 15.0 Å². The Kier molecular flexibility index (Phi) is 4.90. The molecule has 0 amide bonds. The van der Waals surface area contributed by atoms with Gasteiger partial charge in [-0.3, -0.25) is 4.98 Å². The smallest absolute Gasteiger partial charge is 0.159 e. The Balaban J connectivity index is 1.23. The molecule has 0 unspecified atom stereocenters. The van der Waals surface area contributed by atoms with E-state index in [2.05, 4.69) is 121 Å². The fourth-order valence-electron chi connectivity index (χ4n) is 6.59. The fourth-order valence-corrected chi connectivity index (χ4v) is 6.59. The summed E-state index contributed by atoms with van der Waals surface area (Å²) in [6.07, 6.45) is 3.79. The SMILES string of the molecule is c1cc(-c2ccc3c4ccccc4c4ccccc4c3c2)cc(-c2ncc3c4ccccc4c4cccnc4c3n2)c1. The molecule has 2 aromatic heterocycles. The summed E-state index contributed by atoms with van der Waals surface area (Å²) in [5.41, 5.74) is 5.07. The summed E-state index contributed by atoms with van der Waals surface area (Å²) >= 11 is 0. The monoisotopic (exact) mass is 533 g/mol. The molecule has 0 bridgehead atoms. The molecule has 9 aromatic rings. The Morgan fingerprint density at radius 2 is 0.881 bits per heavy atom. The normalized spacial score (nSPS) is 11.8. The fraction of sp³-hybridized carbons (Fsp3) is 0. The van der Waals surface area contributed by atoms with Crippen LogP contribution in [0.25, 0.3) is 87.4 Å². The number of hydrogen-bond acceptors (Lipinski definition) is 3. The maximum Gasteiger partial charge on any atom is 0.159 e. The van der Waals surface area contributed by atoms with Crippen molar-refractivity contribution in [3.05, 3.63) is 140 Å². The molecular weight excluding hydrogens is 510 g/mol. The molecule has 3 nitrogen and oxygen atoms in total. The number of aromatic nitrogens is 3. The van der Waals surface area contributed by atoms with Crippen molar-refractivity contribution in [3.63, 3.8) is 0 Å². The Hall–Kier alpha value is -5.67. The topological polar surface area (TPSA) is 38.7 Å². The van der Waals surface area contributed by atoms with Crippen LogP contribution in [0, 0.1) is 0 Å². The highest BCUT2D eigenvalue weighted by Gasteiger charge is 2.14. The highest BCUT2D eigenvalue weighted by Crippen LogP contribution is 2.38. The lowest BCUT2D eigenvalue weighted by molar-refractivity contribution is 1.23. The molecule has 2 heterocycles. The van der Waals surface area contributed by atoms with Crippen LogP contribution in [0.1, 0.15) is 0 Å². The number of pyridine rings is 1. The first-order chi connectivity index (χ1) is 20.8. The average Bonchev–Trinajstić information content (AvgIpc) is 3.08. The summed E-state index contributed by atoms with van der Waals surface area (Å²) in [7, 11) is 0. The minimum Gasteiger partial charge on any atom is -0.254 e. The van der Waals surface area contributed by atoms with Crippen molar-refractivity contribution in [2.24, 2.45) is 0 Å². The molecule has 0 atom stereocenters. The lowest BCUT2D eigenvalue weighted by Crippen LogP contribution is -1.94. The van der Waals surface area contributed by atoms with Crippen LogP contribution in [-0.4, -0.2) is 15.0 Å². The summed E-state index contributed by atoms with van der Waals surface area (Å²) in [5, 5.41) is 12.1. The predicted molar refractivity (Wildman–Crippen MR) is 176 cm³/mol. The van der Waals surface area contributed by atoms with Gasteiger partial charge in [-0.15, -0.1) is 0 Å². The second kappa shape index (κ2) is 8.92. The van der Waals surface area contributed by atoms with Gasteiger partial charge in [0.1, 0.15) is 5.52 Å². The predicted octanol–water partition coefficient (Wildman–Crippen LogP) is 10.1. The lowest BCUT2D eigenvalue weighted by Gasteiger charge is -2.13. The summed E-state index contributed by atoms with van der Waals surface area (Å²) in [4.78, 5) is 14.7. The number of benzene rings is 7. The van der Waals surface area contributed by atoms with Crippen LogP contribution in [0.15, 0.2) is 140 Å². The Morgan fingerprint density at radius 3 is 1.60 bits per heavy atom. The maximum atomic E-state index is 5.11. The molecular formula is C39H23N3. The quantitative estimate of drug-likeness (QED) is 0.208. The van der Waals surface area contributed by atoms with Crippen molar-refractivity contribution >= 4 is 64.9 Å². The summed E-state index contributed by atoms with van der Waals surface area (Å²) in [6, 6.07) is 45.3. The van der Waals surface area contributed by atoms with E-state index in [1.807, 2.05) is 18.5 Å². The van der Waals surface area contributed by atoms with Gasteiger partial charge in [-0.25, -0.2) is 9.97 Å². The molecule has 3 heteroatoms. The molecule has 42 heavy (non-hydrogen) atoms. The third-order valence-electron chi connectivity index (χ3n) is 8.53. The van der Waals surface area contributed by atoms with Crippen LogP contribution in [0.5, 0.6) is 0 Å². The van der Waals surface area contributed by atoms with Gasteiger partial charge < -0.3 is 0 Å². The van der Waals surface area contributed by atoms with E-state index in [0.717, 1.165) is 38.3 Å². The Morgan fingerprint density at radius 1 is 0.333 bits per heavy atom. The van der Waals surface area contributed by atoms with Crippen LogP contribution in [0.3, 0.4) is 0 Å². The van der Waals surface area contributed by atoms with Gasteiger partial charge in [0, 0.05) is 28.7 Å². The van der Waals surface area contributed by atoms with Crippen molar-refractivity contribution in [1.29, 1.82) is 0 Å². The average molecular weight is 534 g/mol. The second-order valence-corrected chi connectivity index (χ2v) is 10.8. The standard InChI is InChI=1S/C39H23N3/c1-2-13-29-27(11-1)28-12-3-5-15-31(28)35-22-25(18-19-33(29)35)24-9-7-10-26(21-24)39-41-23-36-32-16-6-4-14-30(32)34-17-8-20-40-37(34)38(36)42-39/h1-23H. The van der Waals surface area contributed by atoms with Gasteiger partial charge in [-0.05, 0) is 72.4 Å². The molecule has 0 saturated heterocycles. The van der Waals surface area contributed by atoms with E-state index < -0.39 is 0 Å². The summed E-state index contributed by atoms with van der Waals surface area (Å²) in [6.45, 7) is 0. The van der Waals surface area contributed by atoms with Crippen molar-refractivity contribution in [1.82, 2.24) is 15.0 Å². The van der Waals surface area contributed by atoms with Gasteiger partial charge >= 0.3 is 0 Å². The highest BCUT2D eigenvalue weighted by atomic mass is 14.9. The molecule has 0 fully saturated rings. The van der Waals surface area contributed by atoms with E-state index in [1.54, 1.807) is 0 Å². The largest absolute Gasteiger partial charge is 0.254 e. The number of rotatable bonds is 2. The molecule has 0 N–H and O–H groups in total. The first-order valence-electron chi connectivity index (χ1n) is 14.2. The van der Waals surface area contributed by atoms with Gasteiger partial charge in [-0.2, -0.15) is 0 Å². The van der Waals surface area contributed by atoms with Gasteiger partial charge in [0.25, 0.3) is 0 Å². The molecule has 0 aliphatic rings. The van der Waals surface area contributed by atoms with Crippen LogP contribution in [0.2, 0.25) is 0 Å². The van der Waals surface area contributed by atoms with Crippen LogP contribution in [-0.2, 0) is 0 Å². The maximum absolute atomic E-state index is 5.11. The van der Waals surface area contributed by atoms with Crippen molar-refractivity contribution in [3.8, 4) is 22.5 Å². The zero-order chi connectivity index (χ0) is 27.6. The number of hydrogen-bond donors (Lipinski definition) is 0. The van der Waals surface area contributed by atoms with E-state index in [9.17, 15) is 0 Å². The second-order valence-electron chi connectivity index (χ2n) is 10.8. The molecule has 0 radical (unpaired) electrons. The van der Waals surface area contributed by atoms with Crippen LogP contribution in [0.4, 0.5) is 0 Å². The molecule has 0 aliphatic heterocycles. The van der Waals surface area contributed by atoms with Gasteiger partial charge in [0.05, 0.1) is 5.52 Å². The lowest BCUT2D eigenvalue weighted by atomic mass is 9.92. The van der Waals surface area contributed by atoms with E-state index >= 15 is 0 Å². The first-order valence-corrected chi connectivity index (χ1v) is 14.2. The molecule has 9 rings (SSSR count). The Labute approximate surface area is 241 Å². The number of nitrogens with zero attached hydrogens (tertiary/aromatic N) is 3. The van der Waals surface area contributed by atoms with Gasteiger partial charge in [-0.1, -0.05) is 109 Å². The van der Waals surface area contributed by atoms with Gasteiger partial charge in [0.2, 0.25) is 0 Å². The molecule has 7 aromatic carbocycles. The molecule has 0 saturated carbocycles. The van der Waals surface area contributed by atoms with Crippen LogP contribution < -0.4 is 0 Å². The third kappa shape index (κ3) is 3.37. The van der Waals surface area contributed by atoms with Crippen molar-refractivity contribution < 1.29 is 0 Å². The first kappa shape index (κ1) is 23.1. The van der Waals surface area contributed by atoms with E-state index in [-0.39, 0.29) is 0 Å². The zero-order valence-electron chi connectivity index (χ0n) is 22.6.